The normalized spacial score (nSPS) is 13.2. The van der Waals surface area contributed by atoms with Crippen molar-refractivity contribution in [1.29, 1.82) is 0 Å². The minimum atomic E-state index is -0.0293. The molecule has 2 heterocycles. The highest BCUT2D eigenvalue weighted by molar-refractivity contribution is 6.08. The van der Waals surface area contributed by atoms with Crippen molar-refractivity contribution in [2.24, 2.45) is 0 Å². The molecule has 0 amide bonds. The summed E-state index contributed by atoms with van der Waals surface area (Å²) in [6.07, 6.45) is 2.55. The van der Waals surface area contributed by atoms with E-state index >= 15 is 0 Å². The molecule has 1 aliphatic rings. The summed E-state index contributed by atoms with van der Waals surface area (Å²) in [6.45, 7) is 3.53. The number of rotatable bonds is 3. The minimum Gasteiger partial charge on any atom is -0.384 e. The second-order valence-corrected chi connectivity index (χ2v) is 4.31. The van der Waals surface area contributed by atoms with E-state index in [0.717, 1.165) is 18.7 Å². The molecular formula is C13H14N4O. The van der Waals surface area contributed by atoms with Crippen LogP contribution in [0.25, 0.3) is 0 Å². The van der Waals surface area contributed by atoms with E-state index in [-0.39, 0.29) is 5.78 Å². The molecule has 92 valence electrons. The molecule has 0 saturated carbocycles. The third-order valence-electron chi connectivity index (χ3n) is 3.23. The van der Waals surface area contributed by atoms with Gasteiger partial charge in [-0.25, -0.2) is 4.68 Å². The van der Waals surface area contributed by atoms with Crippen LogP contribution in [-0.4, -0.2) is 27.3 Å². The Hall–Kier alpha value is -2.17. The lowest BCUT2D eigenvalue weighted by atomic mass is 10.0. The number of fused-ring (bicyclic) bond motifs is 1. The monoisotopic (exact) mass is 242 g/mol. The molecule has 0 fully saturated rings. The van der Waals surface area contributed by atoms with Crippen LogP contribution >= 0.6 is 0 Å². The summed E-state index contributed by atoms with van der Waals surface area (Å²) in [5, 5.41) is 11.0. The first-order chi connectivity index (χ1) is 8.79. The summed E-state index contributed by atoms with van der Waals surface area (Å²) in [6, 6.07) is 5.81. The number of hydrogen-bond donors (Lipinski definition) is 1. The Morgan fingerprint density at radius 3 is 3.22 bits per heavy atom. The SMILES string of the molecule is CCn1nncc1C(=O)c1ccc2c(c1)NCC2. The third-order valence-corrected chi connectivity index (χ3v) is 3.23. The van der Waals surface area contributed by atoms with Gasteiger partial charge in [0.05, 0.1) is 6.20 Å². The van der Waals surface area contributed by atoms with Crippen molar-refractivity contribution in [3.63, 3.8) is 0 Å². The predicted octanol–water partition coefficient (Wildman–Crippen LogP) is 1.50. The number of aromatic nitrogens is 3. The number of ketones is 1. The average Bonchev–Trinajstić information content (AvgIpc) is 3.05. The fourth-order valence-electron chi connectivity index (χ4n) is 2.25. The summed E-state index contributed by atoms with van der Waals surface area (Å²) < 4.78 is 1.61. The van der Waals surface area contributed by atoms with E-state index in [9.17, 15) is 4.79 Å². The van der Waals surface area contributed by atoms with Crippen LogP contribution < -0.4 is 5.32 Å². The minimum absolute atomic E-state index is 0.0293. The van der Waals surface area contributed by atoms with Gasteiger partial charge in [0.25, 0.3) is 0 Å². The fourth-order valence-corrected chi connectivity index (χ4v) is 2.25. The zero-order chi connectivity index (χ0) is 12.5. The largest absolute Gasteiger partial charge is 0.384 e. The number of aryl methyl sites for hydroxylation is 1. The number of carbonyl (C=O) groups is 1. The van der Waals surface area contributed by atoms with Crippen LogP contribution in [0, 0.1) is 0 Å². The quantitative estimate of drug-likeness (QED) is 0.828. The van der Waals surface area contributed by atoms with E-state index in [0.29, 0.717) is 17.8 Å². The van der Waals surface area contributed by atoms with Gasteiger partial charge in [0.1, 0.15) is 5.69 Å². The Labute approximate surface area is 105 Å². The van der Waals surface area contributed by atoms with E-state index in [1.54, 1.807) is 4.68 Å². The molecule has 2 aromatic rings. The lowest BCUT2D eigenvalue weighted by molar-refractivity contribution is 0.102. The lowest BCUT2D eigenvalue weighted by Crippen LogP contribution is -2.10. The van der Waals surface area contributed by atoms with Crippen molar-refractivity contribution in [1.82, 2.24) is 15.0 Å². The van der Waals surface area contributed by atoms with Gasteiger partial charge in [0.2, 0.25) is 5.78 Å². The lowest BCUT2D eigenvalue weighted by Gasteiger charge is -2.05. The van der Waals surface area contributed by atoms with Gasteiger partial charge < -0.3 is 5.32 Å². The van der Waals surface area contributed by atoms with Crippen molar-refractivity contribution >= 4 is 11.5 Å². The first-order valence-corrected chi connectivity index (χ1v) is 6.09. The smallest absolute Gasteiger partial charge is 0.212 e. The van der Waals surface area contributed by atoms with Crippen LogP contribution in [0.3, 0.4) is 0 Å². The molecule has 1 aromatic carbocycles. The zero-order valence-electron chi connectivity index (χ0n) is 10.2. The second-order valence-electron chi connectivity index (χ2n) is 4.31. The average molecular weight is 242 g/mol. The number of hydrogen-bond acceptors (Lipinski definition) is 4. The van der Waals surface area contributed by atoms with Crippen molar-refractivity contribution in [3.8, 4) is 0 Å². The summed E-state index contributed by atoms with van der Waals surface area (Å²) in [5.41, 5.74) is 3.56. The predicted molar refractivity (Wildman–Crippen MR) is 67.8 cm³/mol. The first kappa shape index (κ1) is 11.0. The van der Waals surface area contributed by atoms with Crippen LogP contribution in [0.15, 0.2) is 24.4 Å². The van der Waals surface area contributed by atoms with E-state index in [1.807, 2.05) is 25.1 Å². The molecule has 18 heavy (non-hydrogen) atoms. The van der Waals surface area contributed by atoms with Crippen LogP contribution in [0.2, 0.25) is 0 Å². The molecule has 1 N–H and O–H groups in total. The van der Waals surface area contributed by atoms with Gasteiger partial charge in [-0.2, -0.15) is 0 Å². The molecule has 0 radical (unpaired) electrons. The molecule has 1 aliphatic heterocycles. The molecule has 0 atom stereocenters. The first-order valence-electron chi connectivity index (χ1n) is 6.09. The van der Waals surface area contributed by atoms with Crippen molar-refractivity contribution < 1.29 is 4.79 Å². The number of anilines is 1. The van der Waals surface area contributed by atoms with Gasteiger partial charge in [0.15, 0.2) is 0 Å². The highest BCUT2D eigenvalue weighted by atomic mass is 16.1. The molecule has 1 aromatic heterocycles. The van der Waals surface area contributed by atoms with Gasteiger partial charge in [-0.15, -0.1) is 5.10 Å². The molecule has 0 spiro atoms. The summed E-state index contributed by atoms with van der Waals surface area (Å²) >= 11 is 0. The van der Waals surface area contributed by atoms with Gasteiger partial charge in [-0.1, -0.05) is 17.3 Å². The fraction of sp³-hybridized carbons (Fsp3) is 0.308. The number of nitrogens with one attached hydrogen (secondary N) is 1. The van der Waals surface area contributed by atoms with E-state index in [4.69, 9.17) is 0 Å². The third kappa shape index (κ3) is 1.68. The van der Waals surface area contributed by atoms with Gasteiger partial charge in [-0.3, -0.25) is 4.79 Å². The molecule has 0 aliphatic carbocycles. The maximum atomic E-state index is 12.4. The van der Waals surface area contributed by atoms with Crippen molar-refractivity contribution in [2.75, 3.05) is 11.9 Å². The van der Waals surface area contributed by atoms with Crippen LogP contribution in [-0.2, 0) is 13.0 Å². The van der Waals surface area contributed by atoms with E-state index in [2.05, 4.69) is 15.6 Å². The molecule has 0 saturated heterocycles. The Kier molecular flexibility index (Phi) is 2.59. The Balaban J connectivity index is 1.98. The van der Waals surface area contributed by atoms with Gasteiger partial charge >= 0.3 is 0 Å². The molecule has 3 rings (SSSR count). The highest BCUT2D eigenvalue weighted by Gasteiger charge is 2.17. The summed E-state index contributed by atoms with van der Waals surface area (Å²) in [5.74, 6) is -0.0293. The number of carbonyl (C=O) groups excluding carboxylic acids is 1. The van der Waals surface area contributed by atoms with Gasteiger partial charge in [-0.05, 0) is 25.0 Å². The summed E-state index contributed by atoms with van der Waals surface area (Å²) in [7, 11) is 0. The molecule has 0 bridgehead atoms. The zero-order valence-corrected chi connectivity index (χ0v) is 10.2. The Morgan fingerprint density at radius 1 is 1.50 bits per heavy atom. The van der Waals surface area contributed by atoms with Crippen LogP contribution in [0.1, 0.15) is 28.5 Å². The molecule has 0 unspecified atom stereocenters. The maximum Gasteiger partial charge on any atom is 0.212 e. The molecule has 5 nitrogen and oxygen atoms in total. The van der Waals surface area contributed by atoms with Crippen molar-refractivity contribution in [3.05, 3.63) is 41.2 Å². The van der Waals surface area contributed by atoms with Crippen LogP contribution in [0.4, 0.5) is 5.69 Å². The highest BCUT2D eigenvalue weighted by Crippen LogP contribution is 2.24. The topological polar surface area (TPSA) is 59.8 Å². The second kappa shape index (κ2) is 4.25. The van der Waals surface area contributed by atoms with Crippen LogP contribution in [0.5, 0.6) is 0 Å². The number of benzene rings is 1. The molecular weight excluding hydrogens is 228 g/mol. The van der Waals surface area contributed by atoms with E-state index < -0.39 is 0 Å². The maximum absolute atomic E-state index is 12.4. The Morgan fingerprint density at radius 2 is 2.39 bits per heavy atom. The van der Waals surface area contributed by atoms with Gasteiger partial charge in [0, 0.05) is 24.3 Å². The summed E-state index contributed by atoms with van der Waals surface area (Å²) in [4.78, 5) is 12.4. The standard InChI is InChI=1S/C13H14N4O/c1-2-17-12(8-15-16-17)13(18)10-4-3-9-5-6-14-11(9)7-10/h3-4,7-8,14H,2,5-6H2,1H3. The number of nitrogens with zero attached hydrogens (tertiary/aromatic N) is 3. The van der Waals surface area contributed by atoms with E-state index in [1.165, 1.54) is 11.8 Å². The van der Waals surface area contributed by atoms with Crippen molar-refractivity contribution in [2.45, 2.75) is 19.9 Å². The molecule has 5 heteroatoms. The Bertz CT molecular complexity index is 603.